The van der Waals surface area contributed by atoms with Gasteiger partial charge in [-0.05, 0) is 56.6 Å². The van der Waals surface area contributed by atoms with Gasteiger partial charge in [0.1, 0.15) is 0 Å². The minimum Gasteiger partial charge on any atom is -0.333 e. The molecule has 2 unspecified atom stereocenters. The van der Waals surface area contributed by atoms with Crippen LogP contribution in [0.1, 0.15) is 48.0 Å². The van der Waals surface area contributed by atoms with Gasteiger partial charge in [-0.2, -0.15) is 11.8 Å². The third kappa shape index (κ3) is 2.68. The number of fused-ring (bicyclic) bond motifs is 3. The van der Waals surface area contributed by atoms with Crippen LogP contribution in [0, 0.1) is 0 Å². The highest BCUT2D eigenvalue weighted by atomic mass is 32.2. The second-order valence-electron chi connectivity index (χ2n) is 6.57. The number of benzene rings is 1. The van der Waals surface area contributed by atoms with E-state index in [4.69, 9.17) is 0 Å². The molecule has 1 aromatic carbocycles. The standard InChI is InChI=1S/C18H22N2OS2/c1-3-17-19-15-7-4-11(8-16(15)23-17)18(21)20-12-5-6-13(20)10-14(9-12)22-2/h4,7-8,12-14H,3,5-6,9-10H2,1-2H3. The molecule has 2 fully saturated rings. The molecule has 3 nitrogen and oxygen atoms in total. The third-order valence-electron chi connectivity index (χ3n) is 5.24. The Labute approximate surface area is 145 Å². The highest BCUT2D eigenvalue weighted by Crippen LogP contribution is 2.40. The number of thioether (sulfide) groups is 1. The van der Waals surface area contributed by atoms with Gasteiger partial charge in [-0.15, -0.1) is 11.3 Å². The molecule has 2 saturated heterocycles. The highest BCUT2D eigenvalue weighted by Gasteiger charge is 2.43. The lowest BCUT2D eigenvalue weighted by Gasteiger charge is -2.38. The fourth-order valence-corrected chi connectivity index (χ4v) is 5.83. The van der Waals surface area contributed by atoms with Crippen LogP contribution < -0.4 is 0 Å². The van der Waals surface area contributed by atoms with Crippen molar-refractivity contribution < 1.29 is 4.79 Å². The highest BCUT2D eigenvalue weighted by molar-refractivity contribution is 7.99. The van der Waals surface area contributed by atoms with Gasteiger partial charge in [0.05, 0.1) is 15.2 Å². The van der Waals surface area contributed by atoms with Crippen molar-refractivity contribution in [2.24, 2.45) is 0 Å². The molecule has 4 rings (SSSR count). The van der Waals surface area contributed by atoms with Crippen LogP contribution in [-0.4, -0.2) is 39.4 Å². The van der Waals surface area contributed by atoms with Gasteiger partial charge in [-0.3, -0.25) is 4.79 Å². The number of aromatic nitrogens is 1. The maximum absolute atomic E-state index is 13.1. The number of carbonyl (C=O) groups is 1. The number of thiazole rings is 1. The van der Waals surface area contributed by atoms with E-state index in [2.05, 4.69) is 29.1 Å². The molecule has 2 atom stereocenters. The fourth-order valence-electron chi connectivity index (χ4n) is 4.06. The molecule has 2 bridgehead atoms. The molecule has 1 amide bonds. The first-order chi connectivity index (χ1) is 11.2. The monoisotopic (exact) mass is 346 g/mol. The van der Waals surface area contributed by atoms with Gasteiger partial charge in [0.2, 0.25) is 0 Å². The minimum atomic E-state index is 0.227. The zero-order valence-electron chi connectivity index (χ0n) is 13.6. The van der Waals surface area contributed by atoms with Crippen LogP contribution in [0.25, 0.3) is 10.2 Å². The molecule has 2 aliphatic rings. The van der Waals surface area contributed by atoms with E-state index in [1.807, 2.05) is 23.9 Å². The van der Waals surface area contributed by atoms with Crippen molar-refractivity contribution >= 4 is 39.2 Å². The summed E-state index contributed by atoms with van der Waals surface area (Å²) >= 11 is 3.68. The second kappa shape index (κ2) is 6.10. The first-order valence-electron chi connectivity index (χ1n) is 8.44. The summed E-state index contributed by atoms with van der Waals surface area (Å²) in [5.74, 6) is 0.227. The molecular formula is C18H22N2OS2. The van der Waals surface area contributed by atoms with Gasteiger partial charge in [-0.1, -0.05) is 6.92 Å². The minimum absolute atomic E-state index is 0.227. The lowest BCUT2D eigenvalue weighted by molar-refractivity contribution is 0.0602. The molecule has 3 heterocycles. The van der Waals surface area contributed by atoms with Gasteiger partial charge in [0, 0.05) is 22.9 Å². The maximum Gasteiger partial charge on any atom is 0.254 e. The SMILES string of the molecule is CCc1nc2ccc(C(=O)N3C4CCC3CC(SC)C4)cc2s1. The molecular weight excluding hydrogens is 324 g/mol. The van der Waals surface area contributed by atoms with Gasteiger partial charge in [0.15, 0.2) is 0 Å². The van der Waals surface area contributed by atoms with Crippen molar-refractivity contribution in [2.45, 2.75) is 56.4 Å². The molecule has 2 aromatic rings. The van der Waals surface area contributed by atoms with Gasteiger partial charge >= 0.3 is 0 Å². The largest absolute Gasteiger partial charge is 0.333 e. The zero-order valence-corrected chi connectivity index (χ0v) is 15.3. The molecule has 0 spiro atoms. The summed E-state index contributed by atoms with van der Waals surface area (Å²) in [7, 11) is 0. The summed E-state index contributed by atoms with van der Waals surface area (Å²) in [4.78, 5) is 19.9. The Kier molecular flexibility index (Phi) is 4.10. The lowest BCUT2D eigenvalue weighted by Crippen LogP contribution is -2.47. The average Bonchev–Trinajstić information content (AvgIpc) is 3.11. The van der Waals surface area contributed by atoms with E-state index in [1.54, 1.807) is 11.3 Å². The summed E-state index contributed by atoms with van der Waals surface area (Å²) in [6.07, 6.45) is 7.82. The number of carbonyl (C=O) groups excluding carboxylic acids is 1. The number of amides is 1. The van der Waals surface area contributed by atoms with Crippen LogP contribution in [-0.2, 0) is 6.42 Å². The van der Waals surface area contributed by atoms with E-state index in [-0.39, 0.29) is 5.91 Å². The van der Waals surface area contributed by atoms with Gasteiger partial charge < -0.3 is 4.90 Å². The number of hydrogen-bond acceptors (Lipinski definition) is 4. The van der Waals surface area contributed by atoms with E-state index in [0.29, 0.717) is 12.1 Å². The molecule has 2 aliphatic heterocycles. The first-order valence-corrected chi connectivity index (χ1v) is 10.5. The predicted octanol–water partition coefficient (Wildman–Crippen LogP) is 4.36. The Morgan fingerprint density at radius 3 is 2.74 bits per heavy atom. The fraction of sp³-hybridized carbons (Fsp3) is 0.556. The van der Waals surface area contributed by atoms with Crippen LogP contribution in [0.4, 0.5) is 0 Å². The number of nitrogens with zero attached hydrogens (tertiary/aromatic N) is 2. The summed E-state index contributed by atoms with van der Waals surface area (Å²) < 4.78 is 1.14. The molecule has 122 valence electrons. The summed E-state index contributed by atoms with van der Waals surface area (Å²) in [5.41, 5.74) is 1.86. The van der Waals surface area contributed by atoms with Crippen LogP contribution in [0.15, 0.2) is 18.2 Å². The van der Waals surface area contributed by atoms with Crippen molar-refractivity contribution in [3.8, 4) is 0 Å². The van der Waals surface area contributed by atoms with Crippen LogP contribution in [0.5, 0.6) is 0 Å². The maximum atomic E-state index is 13.1. The number of piperidine rings is 1. The molecule has 0 radical (unpaired) electrons. The van der Waals surface area contributed by atoms with Crippen molar-refractivity contribution in [3.05, 3.63) is 28.8 Å². The summed E-state index contributed by atoms with van der Waals surface area (Å²) in [6.45, 7) is 2.12. The Hall–Kier alpha value is -1.07. The molecule has 23 heavy (non-hydrogen) atoms. The van der Waals surface area contributed by atoms with E-state index in [0.717, 1.165) is 45.3 Å². The van der Waals surface area contributed by atoms with Gasteiger partial charge in [-0.25, -0.2) is 4.98 Å². The van der Waals surface area contributed by atoms with Crippen molar-refractivity contribution in [3.63, 3.8) is 0 Å². The van der Waals surface area contributed by atoms with Crippen molar-refractivity contribution in [2.75, 3.05) is 6.26 Å². The molecule has 0 aliphatic carbocycles. The van der Waals surface area contributed by atoms with E-state index >= 15 is 0 Å². The number of aryl methyl sites for hydroxylation is 1. The van der Waals surface area contributed by atoms with Crippen LogP contribution >= 0.6 is 23.1 Å². The Morgan fingerprint density at radius 1 is 1.35 bits per heavy atom. The van der Waals surface area contributed by atoms with Crippen LogP contribution in [0.3, 0.4) is 0 Å². The van der Waals surface area contributed by atoms with Crippen molar-refractivity contribution in [1.29, 1.82) is 0 Å². The summed E-state index contributed by atoms with van der Waals surface area (Å²) in [5, 5.41) is 1.87. The third-order valence-corrected chi connectivity index (χ3v) is 7.45. The Morgan fingerprint density at radius 2 is 2.09 bits per heavy atom. The zero-order chi connectivity index (χ0) is 16.0. The lowest BCUT2D eigenvalue weighted by atomic mass is 10.0. The average molecular weight is 347 g/mol. The smallest absolute Gasteiger partial charge is 0.254 e. The normalized spacial score (nSPS) is 26.9. The Balaban J connectivity index is 1.62. The second-order valence-corrected chi connectivity index (χ2v) is 8.82. The first kappa shape index (κ1) is 15.5. The van der Waals surface area contributed by atoms with E-state index in [1.165, 1.54) is 12.8 Å². The van der Waals surface area contributed by atoms with Crippen LogP contribution in [0.2, 0.25) is 0 Å². The van der Waals surface area contributed by atoms with Crippen molar-refractivity contribution in [1.82, 2.24) is 9.88 Å². The molecule has 0 saturated carbocycles. The van der Waals surface area contributed by atoms with E-state index < -0.39 is 0 Å². The molecule has 1 aromatic heterocycles. The quantitative estimate of drug-likeness (QED) is 0.828. The summed E-state index contributed by atoms with van der Waals surface area (Å²) in [6, 6.07) is 6.91. The van der Waals surface area contributed by atoms with Gasteiger partial charge in [0.25, 0.3) is 5.91 Å². The Bertz CT molecular complexity index is 728. The number of hydrogen-bond donors (Lipinski definition) is 0. The predicted molar refractivity (Wildman–Crippen MR) is 98.5 cm³/mol. The number of rotatable bonds is 3. The molecule has 5 heteroatoms. The topological polar surface area (TPSA) is 33.2 Å². The van der Waals surface area contributed by atoms with E-state index in [9.17, 15) is 4.79 Å². The molecule has 0 N–H and O–H groups in total.